The number of ether oxygens (including phenoxy) is 2. The predicted octanol–water partition coefficient (Wildman–Crippen LogP) is 2.37. The van der Waals surface area contributed by atoms with E-state index in [4.69, 9.17) is 9.47 Å². The topological polar surface area (TPSA) is 30.5 Å². The van der Waals surface area contributed by atoms with Crippen LogP contribution in [0.3, 0.4) is 0 Å². The van der Waals surface area contributed by atoms with Crippen molar-refractivity contribution < 1.29 is 9.47 Å². The Hall–Kier alpha value is -1.22. The maximum Gasteiger partial charge on any atom is 0.161 e. The highest BCUT2D eigenvalue weighted by Crippen LogP contribution is 2.34. The normalized spacial score (nSPS) is 16.2. The monoisotopic (exact) mass is 221 g/mol. The second kappa shape index (κ2) is 4.74. The number of fused-ring (bicyclic) bond motifs is 1. The van der Waals surface area contributed by atoms with Crippen molar-refractivity contribution in [3.63, 3.8) is 0 Å². The molecule has 3 heteroatoms. The average Bonchev–Trinajstić information content (AvgIpc) is 2.29. The van der Waals surface area contributed by atoms with E-state index in [2.05, 4.69) is 31.3 Å². The maximum atomic E-state index is 5.59. The van der Waals surface area contributed by atoms with E-state index in [1.807, 2.05) is 13.1 Å². The molecule has 1 aliphatic rings. The minimum Gasteiger partial charge on any atom is -0.486 e. The van der Waals surface area contributed by atoms with E-state index in [0.29, 0.717) is 25.2 Å². The van der Waals surface area contributed by atoms with Crippen LogP contribution in [0.1, 0.15) is 25.5 Å². The molecule has 1 aromatic rings. The molecule has 0 aromatic heterocycles. The first-order chi connectivity index (χ1) is 7.72. The molecule has 1 aliphatic heterocycles. The number of benzene rings is 1. The molecule has 2 rings (SSSR count). The van der Waals surface area contributed by atoms with Crippen LogP contribution in [0.2, 0.25) is 0 Å². The Morgan fingerprint density at radius 1 is 1.12 bits per heavy atom. The Bertz CT molecular complexity index is 363. The van der Waals surface area contributed by atoms with Crippen LogP contribution in [-0.4, -0.2) is 20.3 Å². The van der Waals surface area contributed by atoms with Gasteiger partial charge in [0.15, 0.2) is 11.5 Å². The van der Waals surface area contributed by atoms with E-state index < -0.39 is 0 Å². The van der Waals surface area contributed by atoms with Crippen LogP contribution < -0.4 is 14.8 Å². The number of hydrogen-bond donors (Lipinski definition) is 1. The van der Waals surface area contributed by atoms with E-state index in [1.54, 1.807) is 0 Å². The standard InChI is InChI=1S/C13H19NO2/c1-9(2)13(14-3)10-4-5-11-12(8-10)16-7-6-15-11/h4-5,8-9,13-14H,6-7H2,1-3H3. The first kappa shape index (κ1) is 11.3. The lowest BCUT2D eigenvalue weighted by Crippen LogP contribution is -2.22. The molecule has 0 aliphatic carbocycles. The lowest BCUT2D eigenvalue weighted by atomic mass is 9.96. The van der Waals surface area contributed by atoms with Crippen molar-refractivity contribution >= 4 is 0 Å². The van der Waals surface area contributed by atoms with Crippen molar-refractivity contribution in [3.05, 3.63) is 23.8 Å². The third-order valence-corrected chi connectivity index (χ3v) is 2.90. The largest absolute Gasteiger partial charge is 0.486 e. The zero-order valence-electron chi connectivity index (χ0n) is 10.1. The molecule has 0 saturated carbocycles. The molecular weight excluding hydrogens is 202 g/mol. The van der Waals surface area contributed by atoms with Gasteiger partial charge >= 0.3 is 0 Å². The fourth-order valence-electron chi connectivity index (χ4n) is 2.14. The summed E-state index contributed by atoms with van der Waals surface area (Å²) in [5.74, 6) is 2.27. The van der Waals surface area contributed by atoms with Gasteiger partial charge < -0.3 is 14.8 Å². The van der Waals surface area contributed by atoms with Crippen LogP contribution in [-0.2, 0) is 0 Å². The molecule has 0 amide bonds. The van der Waals surface area contributed by atoms with Gasteiger partial charge in [-0.1, -0.05) is 19.9 Å². The summed E-state index contributed by atoms with van der Waals surface area (Å²) in [7, 11) is 1.99. The van der Waals surface area contributed by atoms with Crippen molar-refractivity contribution in [2.45, 2.75) is 19.9 Å². The minimum atomic E-state index is 0.357. The second-order valence-electron chi connectivity index (χ2n) is 4.41. The van der Waals surface area contributed by atoms with Gasteiger partial charge in [0.25, 0.3) is 0 Å². The van der Waals surface area contributed by atoms with E-state index in [-0.39, 0.29) is 0 Å². The Kier molecular flexibility index (Phi) is 3.34. The highest BCUT2D eigenvalue weighted by atomic mass is 16.6. The molecule has 1 aromatic carbocycles. The summed E-state index contributed by atoms with van der Waals surface area (Å²) in [5, 5.41) is 3.33. The van der Waals surface area contributed by atoms with E-state index in [9.17, 15) is 0 Å². The zero-order chi connectivity index (χ0) is 11.5. The lowest BCUT2D eigenvalue weighted by Gasteiger charge is -2.24. The SMILES string of the molecule is CNC(c1ccc2c(c1)OCCO2)C(C)C. The quantitative estimate of drug-likeness (QED) is 0.850. The van der Waals surface area contributed by atoms with E-state index in [0.717, 1.165) is 11.5 Å². The fourth-order valence-corrected chi connectivity index (χ4v) is 2.14. The molecule has 16 heavy (non-hydrogen) atoms. The van der Waals surface area contributed by atoms with Crippen LogP contribution >= 0.6 is 0 Å². The molecule has 0 fully saturated rings. The average molecular weight is 221 g/mol. The third kappa shape index (κ3) is 2.14. The zero-order valence-corrected chi connectivity index (χ0v) is 10.1. The van der Waals surface area contributed by atoms with Gasteiger partial charge in [0.2, 0.25) is 0 Å². The van der Waals surface area contributed by atoms with Crippen molar-refractivity contribution in [1.82, 2.24) is 5.32 Å². The first-order valence-electron chi connectivity index (χ1n) is 5.79. The lowest BCUT2D eigenvalue weighted by molar-refractivity contribution is 0.171. The molecule has 0 saturated heterocycles. The summed E-state index contributed by atoms with van der Waals surface area (Å²) in [6, 6.07) is 6.54. The van der Waals surface area contributed by atoms with Crippen LogP contribution in [0.25, 0.3) is 0 Å². The third-order valence-electron chi connectivity index (χ3n) is 2.90. The molecule has 0 spiro atoms. The smallest absolute Gasteiger partial charge is 0.161 e. The van der Waals surface area contributed by atoms with Gasteiger partial charge in [-0.25, -0.2) is 0 Å². The van der Waals surface area contributed by atoms with Gasteiger partial charge in [-0.05, 0) is 30.7 Å². The molecule has 3 nitrogen and oxygen atoms in total. The summed E-state index contributed by atoms with van der Waals surface area (Å²) in [5.41, 5.74) is 1.25. The summed E-state index contributed by atoms with van der Waals surface area (Å²) in [6.07, 6.45) is 0. The van der Waals surface area contributed by atoms with E-state index in [1.165, 1.54) is 5.56 Å². The summed E-state index contributed by atoms with van der Waals surface area (Å²) < 4.78 is 11.1. The maximum absolute atomic E-state index is 5.59. The fraction of sp³-hybridized carbons (Fsp3) is 0.538. The van der Waals surface area contributed by atoms with Gasteiger partial charge in [0.05, 0.1) is 0 Å². The molecule has 0 bridgehead atoms. The highest BCUT2D eigenvalue weighted by molar-refractivity contribution is 5.44. The van der Waals surface area contributed by atoms with Crippen LogP contribution in [0.15, 0.2) is 18.2 Å². The molecule has 1 unspecified atom stereocenters. The van der Waals surface area contributed by atoms with Crippen molar-refractivity contribution in [3.8, 4) is 11.5 Å². The molecule has 0 radical (unpaired) electrons. The minimum absolute atomic E-state index is 0.357. The van der Waals surface area contributed by atoms with Crippen molar-refractivity contribution in [2.75, 3.05) is 20.3 Å². The van der Waals surface area contributed by atoms with Crippen molar-refractivity contribution in [1.29, 1.82) is 0 Å². The van der Waals surface area contributed by atoms with Crippen molar-refractivity contribution in [2.24, 2.45) is 5.92 Å². The molecular formula is C13H19NO2. The summed E-state index contributed by atoms with van der Waals surface area (Å²) in [4.78, 5) is 0. The molecule has 1 atom stereocenters. The van der Waals surface area contributed by atoms with Gasteiger partial charge in [-0.3, -0.25) is 0 Å². The molecule has 1 heterocycles. The summed E-state index contributed by atoms with van der Waals surface area (Å²) in [6.45, 7) is 5.70. The Morgan fingerprint density at radius 3 is 2.44 bits per heavy atom. The Labute approximate surface area is 96.8 Å². The Balaban J connectivity index is 2.28. The van der Waals surface area contributed by atoms with Crippen LogP contribution in [0.5, 0.6) is 11.5 Å². The number of hydrogen-bond acceptors (Lipinski definition) is 3. The van der Waals surface area contributed by atoms with Gasteiger partial charge in [-0.15, -0.1) is 0 Å². The van der Waals surface area contributed by atoms with E-state index >= 15 is 0 Å². The number of nitrogens with one attached hydrogen (secondary N) is 1. The van der Waals surface area contributed by atoms with Crippen LogP contribution in [0, 0.1) is 5.92 Å². The van der Waals surface area contributed by atoms with Gasteiger partial charge in [-0.2, -0.15) is 0 Å². The predicted molar refractivity (Wildman–Crippen MR) is 64.1 cm³/mol. The molecule has 1 N–H and O–H groups in total. The number of rotatable bonds is 3. The second-order valence-corrected chi connectivity index (χ2v) is 4.41. The first-order valence-corrected chi connectivity index (χ1v) is 5.79. The van der Waals surface area contributed by atoms with Crippen LogP contribution in [0.4, 0.5) is 0 Å². The Morgan fingerprint density at radius 2 is 1.81 bits per heavy atom. The highest BCUT2D eigenvalue weighted by Gasteiger charge is 2.17. The molecule has 88 valence electrons. The van der Waals surface area contributed by atoms with Gasteiger partial charge in [0, 0.05) is 6.04 Å². The summed E-state index contributed by atoms with van der Waals surface area (Å²) >= 11 is 0. The van der Waals surface area contributed by atoms with Gasteiger partial charge in [0.1, 0.15) is 13.2 Å².